The highest BCUT2D eigenvalue weighted by atomic mass is 32.1. The first kappa shape index (κ1) is 17.6. The van der Waals surface area contributed by atoms with Gasteiger partial charge in [-0.25, -0.2) is 4.98 Å². The fraction of sp³-hybridized carbons (Fsp3) is 0.450. The number of benzene rings is 1. The van der Waals surface area contributed by atoms with Crippen molar-refractivity contribution in [2.24, 2.45) is 11.8 Å². The van der Waals surface area contributed by atoms with Gasteiger partial charge in [0.15, 0.2) is 5.13 Å². The van der Waals surface area contributed by atoms with Gasteiger partial charge in [-0.15, -0.1) is 0 Å². The Hall–Kier alpha value is -2.45. The molecule has 2 fully saturated rings. The molecule has 4 heterocycles. The monoisotopic (exact) mass is 399 g/mol. The molecule has 1 aromatic heterocycles. The number of hydrogen-bond donors (Lipinski definition) is 1. The van der Waals surface area contributed by atoms with Gasteiger partial charge in [0.05, 0.1) is 41.8 Å². The van der Waals surface area contributed by atoms with Crippen molar-refractivity contribution in [1.82, 2.24) is 9.88 Å². The van der Waals surface area contributed by atoms with Crippen molar-refractivity contribution in [1.29, 1.82) is 0 Å². The van der Waals surface area contributed by atoms with Crippen LogP contribution in [0, 0.1) is 11.8 Å². The zero-order valence-electron chi connectivity index (χ0n) is 15.8. The Kier molecular flexibility index (Phi) is 3.79. The first-order chi connectivity index (χ1) is 13.4. The molecule has 0 radical (unpaired) electrons. The number of ether oxygens (including phenoxy) is 2. The summed E-state index contributed by atoms with van der Waals surface area (Å²) in [4.78, 5) is 32.4. The van der Waals surface area contributed by atoms with Gasteiger partial charge in [-0.2, -0.15) is 0 Å². The summed E-state index contributed by atoms with van der Waals surface area (Å²) in [5.74, 6) is -0.515. The van der Waals surface area contributed by atoms with Crippen LogP contribution in [-0.4, -0.2) is 53.1 Å². The number of rotatable bonds is 4. The van der Waals surface area contributed by atoms with Gasteiger partial charge in [0, 0.05) is 12.1 Å². The number of methoxy groups -OCH3 is 1. The fourth-order valence-electron chi connectivity index (χ4n) is 4.54. The number of amides is 2. The minimum atomic E-state index is -0.672. The quantitative estimate of drug-likeness (QED) is 0.799. The molecule has 1 aromatic carbocycles. The molecule has 4 unspecified atom stereocenters. The van der Waals surface area contributed by atoms with E-state index in [2.05, 4.69) is 10.3 Å². The van der Waals surface area contributed by atoms with Gasteiger partial charge in [0.25, 0.3) is 0 Å². The molecule has 3 aliphatic heterocycles. The van der Waals surface area contributed by atoms with Crippen LogP contribution in [0.2, 0.25) is 0 Å². The molecule has 28 heavy (non-hydrogen) atoms. The number of likely N-dealkylation sites (tertiary alicyclic amines) is 1. The molecule has 7 nitrogen and oxygen atoms in total. The van der Waals surface area contributed by atoms with Gasteiger partial charge in [-0.1, -0.05) is 23.5 Å². The molecule has 2 bridgehead atoms. The van der Waals surface area contributed by atoms with Gasteiger partial charge < -0.3 is 19.7 Å². The normalized spacial score (nSPS) is 30.5. The summed E-state index contributed by atoms with van der Waals surface area (Å²) >= 11 is 1.40. The van der Waals surface area contributed by atoms with E-state index in [0.29, 0.717) is 11.7 Å². The van der Waals surface area contributed by atoms with Crippen LogP contribution in [0.5, 0.6) is 5.75 Å². The van der Waals surface area contributed by atoms with E-state index in [0.717, 1.165) is 16.0 Å². The van der Waals surface area contributed by atoms with E-state index in [1.165, 1.54) is 11.3 Å². The predicted octanol–water partition coefficient (Wildman–Crippen LogP) is 2.43. The number of nitrogens with zero attached hydrogens (tertiary/aromatic N) is 2. The minimum Gasteiger partial charge on any atom is -0.497 e. The highest BCUT2D eigenvalue weighted by Crippen LogP contribution is 2.52. The maximum absolute atomic E-state index is 13.1. The van der Waals surface area contributed by atoms with Crippen LogP contribution in [-0.2, 0) is 14.3 Å². The van der Waals surface area contributed by atoms with Crippen molar-refractivity contribution in [2.45, 2.75) is 31.6 Å². The predicted molar refractivity (Wildman–Crippen MR) is 105 cm³/mol. The lowest BCUT2D eigenvalue weighted by Gasteiger charge is -2.24. The number of thiazole rings is 1. The number of carbonyl (C=O) groups is 2. The third-order valence-corrected chi connectivity index (χ3v) is 6.83. The van der Waals surface area contributed by atoms with E-state index in [9.17, 15) is 9.59 Å². The van der Waals surface area contributed by atoms with Crippen molar-refractivity contribution in [3.8, 4) is 5.75 Å². The summed E-state index contributed by atoms with van der Waals surface area (Å²) in [5.41, 5.74) is 0.0951. The third kappa shape index (κ3) is 2.41. The Bertz CT molecular complexity index is 1020. The van der Waals surface area contributed by atoms with Crippen molar-refractivity contribution in [2.75, 3.05) is 19.0 Å². The molecule has 0 saturated carbocycles. The Morgan fingerprint density at radius 2 is 2.29 bits per heavy atom. The van der Waals surface area contributed by atoms with Gasteiger partial charge in [-0.3, -0.25) is 9.59 Å². The average molecular weight is 399 g/mol. The number of fused-ring (bicyclic) bond motifs is 2. The van der Waals surface area contributed by atoms with Crippen molar-refractivity contribution in [3.05, 3.63) is 30.4 Å². The largest absolute Gasteiger partial charge is 0.497 e. The minimum absolute atomic E-state index is 0.00367. The molecule has 2 amide bonds. The van der Waals surface area contributed by atoms with Crippen molar-refractivity contribution < 1.29 is 19.1 Å². The van der Waals surface area contributed by atoms with E-state index in [-0.39, 0.29) is 24.0 Å². The first-order valence-electron chi connectivity index (χ1n) is 9.35. The lowest BCUT2D eigenvalue weighted by atomic mass is 9.77. The topological polar surface area (TPSA) is 80.8 Å². The summed E-state index contributed by atoms with van der Waals surface area (Å²) < 4.78 is 12.3. The SMILES string of the molecule is COc1ccc2sc(NC(=O)C3C4C=CC5(CN(C(C)C)C(=O)C35)O4)nc2c1. The van der Waals surface area contributed by atoms with Crippen LogP contribution in [0.25, 0.3) is 10.2 Å². The molecule has 146 valence electrons. The molecule has 1 N–H and O–H groups in total. The number of aromatic nitrogens is 1. The molecule has 0 aliphatic carbocycles. The summed E-state index contributed by atoms with van der Waals surface area (Å²) in [6, 6.07) is 5.69. The van der Waals surface area contributed by atoms with Crippen LogP contribution in [0.3, 0.4) is 0 Å². The Balaban J connectivity index is 1.41. The van der Waals surface area contributed by atoms with Crippen molar-refractivity contribution in [3.63, 3.8) is 0 Å². The standard InChI is InChI=1S/C20H21N3O4S/c1-10(2)23-9-20-7-6-13(27-20)15(16(20)18(23)25)17(24)22-19-21-12-8-11(26-3)4-5-14(12)28-19/h4-8,10,13,15-16H,9H2,1-3H3,(H,21,22,24). The van der Waals surface area contributed by atoms with E-state index >= 15 is 0 Å². The molecule has 2 saturated heterocycles. The van der Waals surface area contributed by atoms with E-state index in [1.807, 2.05) is 44.2 Å². The zero-order chi connectivity index (χ0) is 19.6. The molecular weight excluding hydrogens is 378 g/mol. The van der Waals surface area contributed by atoms with Crippen LogP contribution < -0.4 is 10.1 Å². The van der Waals surface area contributed by atoms with Crippen molar-refractivity contribution >= 4 is 38.5 Å². The second-order valence-electron chi connectivity index (χ2n) is 7.80. The Morgan fingerprint density at radius 3 is 3.04 bits per heavy atom. The van der Waals surface area contributed by atoms with E-state index < -0.39 is 17.4 Å². The van der Waals surface area contributed by atoms with E-state index in [4.69, 9.17) is 9.47 Å². The van der Waals surface area contributed by atoms with Gasteiger partial charge >= 0.3 is 0 Å². The first-order valence-corrected chi connectivity index (χ1v) is 10.2. The maximum atomic E-state index is 13.1. The lowest BCUT2D eigenvalue weighted by Crippen LogP contribution is -2.42. The van der Waals surface area contributed by atoms with Crippen LogP contribution >= 0.6 is 11.3 Å². The summed E-state index contributed by atoms with van der Waals surface area (Å²) in [6.07, 6.45) is 3.52. The molecule has 3 aliphatic rings. The molecular formula is C20H21N3O4S. The molecule has 8 heteroatoms. The van der Waals surface area contributed by atoms with Gasteiger partial charge in [-0.05, 0) is 26.0 Å². The zero-order valence-corrected chi connectivity index (χ0v) is 16.7. The average Bonchev–Trinajstić information content (AvgIpc) is 3.39. The highest BCUT2D eigenvalue weighted by molar-refractivity contribution is 7.22. The molecule has 2 aromatic rings. The van der Waals surface area contributed by atoms with Crippen LogP contribution in [0.15, 0.2) is 30.4 Å². The fourth-order valence-corrected chi connectivity index (χ4v) is 5.39. The highest BCUT2D eigenvalue weighted by Gasteiger charge is 2.67. The second kappa shape index (κ2) is 6.02. The Labute approximate surface area is 166 Å². The maximum Gasteiger partial charge on any atom is 0.233 e. The smallest absolute Gasteiger partial charge is 0.233 e. The van der Waals surface area contributed by atoms with E-state index in [1.54, 1.807) is 12.0 Å². The molecule has 1 spiro atoms. The third-order valence-electron chi connectivity index (χ3n) is 5.88. The second-order valence-corrected chi connectivity index (χ2v) is 8.83. The summed E-state index contributed by atoms with van der Waals surface area (Å²) in [5, 5.41) is 3.43. The van der Waals surface area contributed by atoms with Gasteiger partial charge in [0.2, 0.25) is 11.8 Å². The lowest BCUT2D eigenvalue weighted by molar-refractivity contribution is -0.136. The summed E-state index contributed by atoms with van der Waals surface area (Å²) in [6.45, 7) is 4.47. The van der Waals surface area contributed by atoms with Gasteiger partial charge in [0.1, 0.15) is 11.4 Å². The number of hydrogen-bond acceptors (Lipinski definition) is 6. The summed E-state index contributed by atoms with van der Waals surface area (Å²) in [7, 11) is 1.60. The van der Waals surface area contributed by atoms with Crippen LogP contribution in [0.1, 0.15) is 13.8 Å². The molecule has 4 atom stereocenters. The number of anilines is 1. The molecule has 5 rings (SSSR count). The number of nitrogens with one attached hydrogen (secondary N) is 1. The number of carbonyl (C=O) groups excluding carboxylic acids is 2. The van der Waals surface area contributed by atoms with Crippen LogP contribution in [0.4, 0.5) is 5.13 Å². The Morgan fingerprint density at radius 1 is 1.46 bits per heavy atom.